The summed E-state index contributed by atoms with van der Waals surface area (Å²) in [4.78, 5) is 38.8. The maximum atomic E-state index is 13.4. The zero-order chi connectivity index (χ0) is 25.4. The second-order valence-electron chi connectivity index (χ2n) is 8.23. The van der Waals surface area contributed by atoms with Crippen LogP contribution in [0.1, 0.15) is 29.4 Å². The van der Waals surface area contributed by atoms with Gasteiger partial charge in [-0.15, -0.1) is 0 Å². The molecule has 2 heterocycles. The number of aryl methyl sites for hydroxylation is 1. The number of halogens is 1. The monoisotopic (exact) mass is 506 g/mol. The molecule has 0 unspecified atom stereocenters. The van der Waals surface area contributed by atoms with E-state index >= 15 is 0 Å². The van der Waals surface area contributed by atoms with Crippen LogP contribution in [0.2, 0.25) is 5.02 Å². The first kappa shape index (κ1) is 24.4. The number of carbonyl (C=O) groups excluding carboxylic acids is 3. The third kappa shape index (κ3) is 4.62. The molecule has 0 bridgehead atoms. The van der Waals surface area contributed by atoms with Crippen molar-refractivity contribution in [3.63, 3.8) is 0 Å². The van der Waals surface area contributed by atoms with Gasteiger partial charge in [-0.25, -0.2) is 0 Å². The van der Waals surface area contributed by atoms with Gasteiger partial charge in [0.05, 0.1) is 5.69 Å². The van der Waals surface area contributed by atoms with Gasteiger partial charge in [0.15, 0.2) is 5.11 Å². The van der Waals surface area contributed by atoms with Crippen molar-refractivity contribution < 1.29 is 14.4 Å². The molecule has 35 heavy (non-hydrogen) atoms. The number of aromatic nitrogens is 1. The summed E-state index contributed by atoms with van der Waals surface area (Å²) in [6.45, 7) is 7.10. The topological polar surface area (TPSA) is 83.4 Å². The minimum Gasteiger partial charge on any atom is -0.326 e. The molecular formula is C26H23ClN4O3S. The van der Waals surface area contributed by atoms with Crippen LogP contribution in [0.15, 0.2) is 54.1 Å². The molecule has 1 aliphatic rings. The minimum atomic E-state index is -0.555. The summed E-state index contributed by atoms with van der Waals surface area (Å²) >= 11 is 11.6. The molecule has 3 aromatic rings. The molecule has 0 atom stereocenters. The standard InChI is InChI=1S/C26H23ClN4O3S/c1-14-12-18(16(3)30(14)20-10-8-19(9-11-20)28-17(4)32)13-21-24(33)29-26(35)31(25(21)34)23-7-5-6-22(27)15(23)2/h5-13H,1-4H3,(H,28,32)(H,29,33,35). The molecule has 178 valence electrons. The van der Waals surface area contributed by atoms with Gasteiger partial charge in [0, 0.05) is 34.7 Å². The Morgan fingerprint density at radius 2 is 1.77 bits per heavy atom. The van der Waals surface area contributed by atoms with Crippen molar-refractivity contribution in [3.8, 4) is 5.69 Å². The maximum absolute atomic E-state index is 13.4. The number of hydrogen-bond donors (Lipinski definition) is 2. The molecule has 2 aromatic carbocycles. The molecule has 7 nitrogen and oxygen atoms in total. The van der Waals surface area contributed by atoms with Crippen LogP contribution in [0.5, 0.6) is 0 Å². The lowest BCUT2D eigenvalue weighted by molar-refractivity contribution is -0.122. The number of benzene rings is 2. The van der Waals surface area contributed by atoms with E-state index in [0.717, 1.165) is 22.6 Å². The van der Waals surface area contributed by atoms with Crippen molar-refractivity contribution in [2.45, 2.75) is 27.7 Å². The van der Waals surface area contributed by atoms with E-state index < -0.39 is 11.8 Å². The summed E-state index contributed by atoms with van der Waals surface area (Å²) in [7, 11) is 0. The Morgan fingerprint density at radius 1 is 1.09 bits per heavy atom. The summed E-state index contributed by atoms with van der Waals surface area (Å²) in [6.07, 6.45) is 1.58. The summed E-state index contributed by atoms with van der Waals surface area (Å²) in [5.74, 6) is -1.22. The van der Waals surface area contributed by atoms with Gasteiger partial charge in [0.25, 0.3) is 11.8 Å². The predicted molar refractivity (Wildman–Crippen MR) is 142 cm³/mol. The normalized spacial score (nSPS) is 14.9. The number of hydrogen-bond acceptors (Lipinski definition) is 4. The molecule has 4 rings (SSSR count). The van der Waals surface area contributed by atoms with E-state index in [1.54, 1.807) is 31.2 Å². The van der Waals surface area contributed by atoms with Crippen molar-refractivity contribution in [3.05, 3.63) is 81.6 Å². The van der Waals surface area contributed by atoms with Crippen LogP contribution in [-0.4, -0.2) is 27.4 Å². The van der Waals surface area contributed by atoms with Gasteiger partial charge in [-0.05, 0) is 92.7 Å². The summed E-state index contributed by atoms with van der Waals surface area (Å²) in [5.41, 5.74) is 5.24. The lowest BCUT2D eigenvalue weighted by Crippen LogP contribution is -2.54. The van der Waals surface area contributed by atoms with Crippen LogP contribution in [-0.2, 0) is 14.4 Å². The van der Waals surface area contributed by atoms with E-state index in [4.69, 9.17) is 23.8 Å². The van der Waals surface area contributed by atoms with Gasteiger partial charge >= 0.3 is 0 Å². The highest BCUT2D eigenvalue weighted by molar-refractivity contribution is 7.80. The number of amides is 3. The van der Waals surface area contributed by atoms with Crippen molar-refractivity contribution in [1.82, 2.24) is 9.88 Å². The fourth-order valence-electron chi connectivity index (χ4n) is 4.10. The predicted octanol–water partition coefficient (Wildman–Crippen LogP) is 4.85. The highest BCUT2D eigenvalue weighted by Crippen LogP contribution is 2.30. The Labute approximate surface area is 213 Å². The molecular weight excluding hydrogens is 484 g/mol. The number of thiocarbonyl (C=S) groups is 1. The van der Waals surface area contributed by atoms with E-state index in [2.05, 4.69) is 10.6 Å². The van der Waals surface area contributed by atoms with Gasteiger partial charge in [-0.1, -0.05) is 17.7 Å². The Hall–Kier alpha value is -3.75. The largest absolute Gasteiger partial charge is 0.326 e. The average Bonchev–Trinajstić information content (AvgIpc) is 3.07. The Bertz CT molecular complexity index is 1420. The van der Waals surface area contributed by atoms with E-state index in [1.807, 2.05) is 48.7 Å². The van der Waals surface area contributed by atoms with E-state index in [9.17, 15) is 14.4 Å². The molecule has 1 aliphatic heterocycles. The second-order valence-corrected chi connectivity index (χ2v) is 9.03. The van der Waals surface area contributed by atoms with Gasteiger partial charge in [0.2, 0.25) is 5.91 Å². The smallest absolute Gasteiger partial charge is 0.270 e. The molecule has 1 fully saturated rings. The molecule has 1 saturated heterocycles. The van der Waals surface area contributed by atoms with Crippen LogP contribution in [0.4, 0.5) is 11.4 Å². The number of rotatable bonds is 4. The maximum Gasteiger partial charge on any atom is 0.270 e. The molecule has 3 amide bonds. The second kappa shape index (κ2) is 9.48. The van der Waals surface area contributed by atoms with Crippen molar-refractivity contribution in [2.75, 3.05) is 10.2 Å². The fraction of sp³-hybridized carbons (Fsp3) is 0.154. The van der Waals surface area contributed by atoms with E-state index in [0.29, 0.717) is 22.0 Å². The van der Waals surface area contributed by atoms with E-state index in [-0.39, 0.29) is 16.6 Å². The molecule has 1 aromatic heterocycles. The van der Waals surface area contributed by atoms with Gasteiger partial charge in [0.1, 0.15) is 5.57 Å². The molecule has 0 spiro atoms. The van der Waals surface area contributed by atoms with Crippen LogP contribution in [0, 0.1) is 20.8 Å². The molecule has 0 saturated carbocycles. The Balaban J connectivity index is 1.73. The quantitative estimate of drug-likeness (QED) is 0.301. The van der Waals surface area contributed by atoms with Crippen molar-refractivity contribution >= 4 is 64.1 Å². The number of anilines is 2. The summed E-state index contributed by atoms with van der Waals surface area (Å²) < 4.78 is 2.01. The van der Waals surface area contributed by atoms with Crippen LogP contribution in [0.3, 0.4) is 0 Å². The highest BCUT2D eigenvalue weighted by Gasteiger charge is 2.35. The summed E-state index contributed by atoms with van der Waals surface area (Å²) in [5, 5.41) is 5.86. The third-order valence-electron chi connectivity index (χ3n) is 5.80. The zero-order valence-electron chi connectivity index (χ0n) is 19.6. The number of carbonyl (C=O) groups is 3. The Morgan fingerprint density at radius 3 is 2.43 bits per heavy atom. The number of nitrogens with zero attached hydrogens (tertiary/aromatic N) is 2. The van der Waals surface area contributed by atoms with Crippen molar-refractivity contribution in [1.29, 1.82) is 0 Å². The Kier molecular flexibility index (Phi) is 6.60. The van der Waals surface area contributed by atoms with Gasteiger partial charge < -0.3 is 9.88 Å². The van der Waals surface area contributed by atoms with Crippen LogP contribution >= 0.6 is 23.8 Å². The third-order valence-corrected chi connectivity index (χ3v) is 6.49. The first-order valence-corrected chi connectivity index (χ1v) is 11.6. The van der Waals surface area contributed by atoms with Gasteiger partial charge in [-0.2, -0.15) is 0 Å². The molecule has 2 N–H and O–H groups in total. The highest BCUT2D eigenvalue weighted by atomic mass is 35.5. The molecule has 0 radical (unpaired) electrons. The fourth-order valence-corrected chi connectivity index (χ4v) is 4.54. The summed E-state index contributed by atoms with van der Waals surface area (Å²) in [6, 6.07) is 14.5. The van der Waals surface area contributed by atoms with Gasteiger partial charge in [-0.3, -0.25) is 24.6 Å². The minimum absolute atomic E-state index is 0.00671. The molecule has 9 heteroatoms. The zero-order valence-corrected chi connectivity index (χ0v) is 21.2. The first-order valence-electron chi connectivity index (χ1n) is 10.8. The molecule has 0 aliphatic carbocycles. The van der Waals surface area contributed by atoms with Crippen molar-refractivity contribution in [2.24, 2.45) is 0 Å². The lowest BCUT2D eigenvalue weighted by atomic mass is 10.1. The average molecular weight is 507 g/mol. The SMILES string of the molecule is CC(=O)Nc1ccc(-n2c(C)cc(C=C3C(=O)NC(=S)N(c4cccc(Cl)c4C)C3=O)c2C)cc1. The number of nitrogens with one attached hydrogen (secondary N) is 2. The first-order chi connectivity index (χ1) is 16.6. The van der Waals surface area contributed by atoms with Crippen LogP contribution < -0.4 is 15.5 Å². The lowest BCUT2D eigenvalue weighted by Gasteiger charge is -2.30. The van der Waals surface area contributed by atoms with Crippen LogP contribution in [0.25, 0.3) is 11.8 Å². The van der Waals surface area contributed by atoms with E-state index in [1.165, 1.54) is 11.8 Å².